The Morgan fingerprint density at radius 2 is 1.90 bits per heavy atom. The van der Waals surface area contributed by atoms with Crippen molar-refractivity contribution in [3.63, 3.8) is 0 Å². The number of benzene rings is 1. The first-order chi connectivity index (χ1) is 9.79. The van der Waals surface area contributed by atoms with Gasteiger partial charge in [0.15, 0.2) is 0 Å². The van der Waals surface area contributed by atoms with Crippen LogP contribution in [0, 0.1) is 0 Å². The van der Waals surface area contributed by atoms with E-state index < -0.39 is 11.2 Å². The Balaban J connectivity index is 2.88. The van der Waals surface area contributed by atoms with Gasteiger partial charge in [0.2, 0.25) is 0 Å². The zero-order valence-electron chi connectivity index (χ0n) is 12.0. The number of hydrogen-bond donors (Lipinski definition) is 1. The molecule has 1 aromatic heterocycles. The summed E-state index contributed by atoms with van der Waals surface area (Å²) in [6, 6.07) is 7.28. The van der Waals surface area contributed by atoms with Crippen LogP contribution in [0.4, 0.5) is 0 Å². The summed E-state index contributed by atoms with van der Waals surface area (Å²) in [7, 11) is 0. The van der Waals surface area contributed by atoms with Crippen LogP contribution in [0.25, 0.3) is 11.1 Å². The van der Waals surface area contributed by atoms with E-state index in [9.17, 15) is 9.59 Å². The van der Waals surface area contributed by atoms with Crippen LogP contribution in [-0.2, 0) is 5.54 Å². The highest BCUT2D eigenvalue weighted by atomic mass is 79.9. The van der Waals surface area contributed by atoms with Crippen molar-refractivity contribution in [3.8, 4) is 11.1 Å². The van der Waals surface area contributed by atoms with Crippen molar-refractivity contribution >= 4 is 27.5 Å². The van der Waals surface area contributed by atoms with Crippen molar-refractivity contribution in [3.05, 3.63) is 54.7 Å². The zero-order valence-corrected chi connectivity index (χ0v) is 14.4. The van der Waals surface area contributed by atoms with Gasteiger partial charge in [-0.15, -0.1) is 0 Å². The fraction of sp³-hybridized carbons (Fsp3) is 0.333. The first kappa shape index (κ1) is 16.0. The van der Waals surface area contributed by atoms with Crippen molar-refractivity contribution in [2.45, 2.75) is 32.7 Å². The van der Waals surface area contributed by atoms with Gasteiger partial charge in [-0.2, -0.15) is 0 Å². The number of nitrogens with zero attached hydrogens (tertiary/aromatic N) is 1. The number of hydrogen-bond acceptors (Lipinski definition) is 2. The second kappa shape index (κ2) is 5.81. The van der Waals surface area contributed by atoms with Crippen LogP contribution < -0.4 is 11.2 Å². The SMILES string of the molecule is CCC(C)(C)n1c(=O)[nH]c(Cl)c(-c2ccccc2Br)c1=O. The molecule has 0 atom stereocenters. The average Bonchev–Trinajstić information content (AvgIpc) is 2.40. The Hall–Kier alpha value is -1.33. The molecule has 0 spiro atoms. The van der Waals surface area contributed by atoms with E-state index >= 15 is 0 Å². The fourth-order valence-corrected chi connectivity index (χ4v) is 2.86. The van der Waals surface area contributed by atoms with Crippen molar-refractivity contribution in [2.75, 3.05) is 0 Å². The van der Waals surface area contributed by atoms with Crippen LogP contribution >= 0.6 is 27.5 Å². The van der Waals surface area contributed by atoms with Crippen molar-refractivity contribution in [1.82, 2.24) is 9.55 Å². The average molecular weight is 372 g/mol. The third-order valence-corrected chi connectivity index (χ3v) is 4.64. The van der Waals surface area contributed by atoms with Gasteiger partial charge in [-0.05, 0) is 26.3 Å². The molecule has 1 N–H and O–H groups in total. The lowest BCUT2D eigenvalue weighted by Crippen LogP contribution is -2.46. The number of nitrogens with one attached hydrogen (secondary N) is 1. The van der Waals surface area contributed by atoms with E-state index in [1.165, 1.54) is 4.57 Å². The first-order valence-electron chi connectivity index (χ1n) is 6.60. The van der Waals surface area contributed by atoms with E-state index in [4.69, 9.17) is 11.6 Å². The molecule has 0 unspecified atom stereocenters. The van der Waals surface area contributed by atoms with Gasteiger partial charge in [0.05, 0.1) is 5.56 Å². The molecule has 0 aliphatic carbocycles. The molecule has 0 saturated carbocycles. The van der Waals surface area contributed by atoms with Crippen molar-refractivity contribution < 1.29 is 0 Å². The molecule has 0 aliphatic rings. The summed E-state index contributed by atoms with van der Waals surface area (Å²) < 4.78 is 1.98. The monoisotopic (exact) mass is 370 g/mol. The molecule has 0 bridgehead atoms. The summed E-state index contributed by atoms with van der Waals surface area (Å²) >= 11 is 9.53. The topological polar surface area (TPSA) is 54.9 Å². The summed E-state index contributed by atoms with van der Waals surface area (Å²) in [5.74, 6) is 0. The molecule has 0 aliphatic heterocycles. The Bertz CT molecular complexity index is 793. The molecular formula is C15H16BrClN2O2. The summed E-state index contributed by atoms with van der Waals surface area (Å²) in [5, 5.41) is 0.0556. The molecule has 0 saturated heterocycles. The molecule has 6 heteroatoms. The van der Waals surface area contributed by atoms with Crippen LogP contribution in [0.2, 0.25) is 5.15 Å². The van der Waals surface area contributed by atoms with E-state index in [-0.39, 0.29) is 10.7 Å². The minimum Gasteiger partial charge on any atom is -0.297 e. The smallest absolute Gasteiger partial charge is 0.297 e. The van der Waals surface area contributed by atoms with Crippen LogP contribution in [0.5, 0.6) is 0 Å². The largest absolute Gasteiger partial charge is 0.330 e. The number of H-pyrrole nitrogens is 1. The molecule has 2 rings (SSSR count). The highest BCUT2D eigenvalue weighted by Crippen LogP contribution is 2.29. The highest BCUT2D eigenvalue weighted by molar-refractivity contribution is 9.10. The molecular weight excluding hydrogens is 356 g/mol. The summed E-state index contributed by atoms with van der Waals surface area (Å²) in [5.41, 5.74) is -0.518. The third-order valence-electron chi connectivity index (χ3n) is 3.67. The van der Waals surface area contributed by atoms with E-state index in [1.54, 1.807) is 6.07 Å². The Kier molecular flexibility index (Phi) is 4.44. The number of aromatic amines is 1. The second-order valence-corrected chi connectivity index (χ2v) is 6.64. The molecule has 0 fully saturated rings. The molecule has 0 radical (unpaired) electrons. The van der Waals surface area contributed by atoms with E-state index in [0.29, 0.717) is 17.5 Å². The second-order valence-electron chi connectivity index (χ2n) is 5.41. The minimum absolute atomic E-state index is 0.0556. The summed E-state index contributed by atoms with van der Waals surface area (Å²) in [6.07, 6.45) is 0.646. The lowest BCUT2D eigenvalue weighted by molar-refractivity contribution is 0.318. The molecule has 2 aromatic rings. The highest BCUT2D eigenvalue weighted by Gasteiger charge is 2.25. The summed E-state index contributed by atoms with van der Waals surface area (Å²) in [4.78, 5) is 27.5. The number of aromatic nitrogens is 2. The lowest BCUT2D eigenvalue weighted by atomic mass is 10.0. The number of rotatable bonds is 3. The van der Waals surface area contributed by atoms with Gasteiger partial charge in [-0.1, -0.05) is 52.7 Å². The minimum atomic E-state index is -0.592. The molecule has 0 amide bonds. The predicted octanol–water partition coefficient (Wildman–Crippen LogP) is 3.76. The molecule has 1 aromatic carbocycles. The molecule has 1 heterocycles. The van der Waals surface area contributed by atoms with Gasteiger partial charge in [0.1, 0.15) is 5.15 Å². The van der Waals surface area contributed by atoms with Crippen LogP contribution in [0.15, 0.2) is 38.3 Å². The Morgan fingerprint density at radius 3 is 2.48 bits per heavy atom. The maximum atomic E-state index is 12.8. The molecule has 4 nitrogen and oxygen atoms in total. The van der Waals surface area contributed by atoms with E-state index in [0.717, 1.165) is 4.47 Å². The molecule has 21 heavy (non-hydrogen) atoms. The van der Waals surface area contributed by atoms with Crippen molar-refractivity contribution in [1.29, 1.82) is 0 Å². The fourth-order valence-electron chi connectivity index (χ4n) is 2.12. The molecule has 112 valence electrons. The quantitative estimate of drug-likeness (QED) is 0.835. The van der Waals surface area contributed by atoms with Gasteiger partial charge in [0.25, 0.3) is 5.56 Å². The maximum Gasteiger partial charge on any atom is 0.330 e. The van der Waals surface area contributed by atoms with Crippen LogP contribution in [-0.4, -0.2) is 9.55 Å². The van der Waals surface area contributed by atoms with E-state index in [1.807, 2.05) is 39.0 Å². The first-order valence-corrected chi connectivity index (χ1v) is 7.77. The standard InChI is InChI=1S/C15H16BrClN2O2/c1-4-15(2,3)19-13(20)11(12(17)18-14(19)21)9-7-5-6-8-10(9)16/h5-8H,4H2,1-3H3,(H,18,21). The van der Waals surface area contributed by atoms with Gasteiger partial charge < -0.3 is 0 Å². The predicted molar refractivity (Wildman–Crippen MR) is 89.1 cm³/mol. The number of halogens is 2. The normalized spacial score (nSPS) is 11.7. The Labute approximate surface area is 135 Å². The third kappa shape index (κ3) is 2.85. The summed E-state index contributed by atoms with van der Waals surface area (Å²) in [6.45, 7) is 5.63. The lowest BCUT2D eigenvalue weighted by Gasteiger charge is -2.25. The van der Waals surface area contributed by atoms with Crippen LogP contribution in [0.1, 0.15) is 27.2 Å². The van der Waals surface area contributed by atoms with Gasteiger partial charge in [-0.3, -0.25) is 14.3 Å². The van der Waals surface area contributed by atoms with E-state index in [2.05, 4.69) is 20.9 Å². The van der Waals surface area contributed by atoms with Gasteiger partial charge in [0, 0.05) is 15.6 Å². The maximum absolute atomic E-state index is 12.8. The Morgan fingerprint density at radius 1 is 1.29 bits per heavy atom. The van der Waals surface area contributed by atoms with Gasteiger partial charge in [-0.25, -0.2) is 4.79 Å². The van der Waals surface area contributed by atoms with Gasteiger partial charge >= 0.3 is 5.69 Å². The zero-order chi connectivity index (χ0) is 15.8. The van der Waals surface area contributed by atoms with Crippen LogP contribution in [0.3, 0.4) is 0 Å². The van der Waals surface area contributed by atoms with Crippen molar-refractivity contribution in [2.24, 2.45) is 0 Å².